The van der Waals surface area contributed by atoms with Crippen LogP contribution < -0.4 is 9.47 Å². The highest BCUT2D eigenvalue weighted by molar-refractivity contribution is 5.39. The van der Waals surface area contributed by atoms with Gasteiger partial charge in [-0.15, -0.1) is 0 Å². The largest absolute Gasteiger partial charge is 0.493 e. The van der Waals surface area contributed by atoms with Crippen molar-refractivity contribution in [3.05, 3.63) is 24.3 Å². The van der Waals surface area contributed by atoms with Crippen LogP contribution in [0.4, 0.5) is 0 Å². The first-order chi connectivity index (χ1) is 8.63. The maximum atomic E-state index is 9.73. The topological polar surface area (TPSA) is 88.4 Å². The molecule has 6 heteroatoms. The summed E-state index contributed by atoms with van der Waals surface area (Å²) in [6.45, 7) is -0.0992. The number of aliphatic hydroxyl groups is 3. The highest BCUT2D eigenvalue weighted by Gasteiger charge is 2.39. The van der Waals surface area contributed by atoms with Crippen molar-refractivity contribution in [1.82, 2.24) is 0 Å². The molecule has 0 aliphatic carbocycles. The Kier molecular flexibility index (Phi) is 4.03. The minimum absolute atomic E-state index is 0.0992. The quantitative estimate of drug-likeness (QED) is 0.676. The van der Waals surface area contributed by atoms with Crippen LogP contribution in [0.3, 0.4) is 0 Å². The summed E-state index contributed by atoms with van der Waals surface area (Å²) in [7, 11) is 1.50. The van der Waals surface area contributed by atoms with Gasteiger partial charge in [-0.25, -0.2) is 0 Å². The zero-order chi connectivity index (χ0) is 13.1. The Morgan fingerprint density at radius 1 is 1.11 bits per heavy atom. The fraction of sp³-hybridized carbons (Fsp3) is 0.500. The zero-order valence-corrected chi connectivity index (χ0v) is 9.89. The Labute approximate surface area is 104 Å². The van der Waals surface area contributed by atoms with Crippen LogP contribution in [0.15, 0.2) is 24.3 Å². The summed E-state index contributed by atoms with van der Waals surface area (Å²) in [5.41, 5.74) is 0. The molecule has 0 bridgehead atoms. The van der Waals surface area contributed by atoms with Crippen LogP contribution in [-0.4, -0.2) is 53.6 Å². The Morgan fingerprint density at radius 3 is 2.44 bits per heavy atom. The fourth-order valence-electron chi connectivity index (χ4n) is 1.72. The van der Waals surface area contributed by atoms with Gasteiger partial charge in [0.25, 0.3) is 0 Å². The second-order valence-electron chi connectivity index (χ2n) is 4.02. The summed E-state index contributed by atoms with van der Waals surface area (Å²) in [5.74, 6) is 0.890. The lowest BCUT2D eigenvalue weighted by atomic mass is 10.1. The molecule has 1 heterocycles. The predicted octanol–water partition coefficient (Wildman–Crippen LogP) is -0.487. The van der Waals surface area contributed by atoms with Crippen molar-refractivity contribution in [1.29, 1.82) is 0 Å². The minimum Gasteiger partial charge on any atom is -0.493 e. The Morgan fingerprint density at radius 2 is 1.78 bits per heavy atom. The fourth-order valence-corrected chi connectivity index (χ4v) is 1.72. The van der Waals surface area contributed by atoms with Gasteiger partial charge in [-0.05, 0) is 12.1 Å². The number of para-hydroxylation sites is 2. The average molecular weight is 256 g/mol. The first-order valence-corrected chi connectivity index (χ1v) is 5.59. The van der Waals surface area contributed by atoms with E-state index in [0.29, 0.717) is 11.5 Å². The molecule has 18 heavy (non-hydrogen) atoms. The van der Waals surface area contributed by atoms with Gasteiger partial charge >= 0.3 is 0 Å². The van der Waals surface area contributed by atoms with Gasteiger partial charge in [-0.2, -0.15) is 0 Å². The number of methoxy groups -OCH3 is 1. The van der Waals surface area contributed by atoms with Gasteiger partial charge in [0, 0.05) is 0 Å². The predicted molar refractivity (Wildman–Crippen MR) is 61.4 cm³/mol. The lowest BCUT2D eigenvalue weighted by Crippen LogP contribution is -2.54. The summed E-state index contributed by atoms with van der Waals surface area (Å²) >= 11 is 0. The van der Waals surface area contributed by atoms with Gasteiger partial charge in [0.2, 0.25) is 6.29 Å². The lowest BCUT2D eigenvalue weighted by molar-refractivity contribution is -0.242. The van der Waals surface area contributed by atoms with Gasteiger partial charge in [0.15, 0.2) is 11.5 Å². The number of ether oxygens (including phenoxy) is 3. The lowest BCUT2D eigenvalue weighted by Gasteiger charge is -2.35. The highest BCUT2D eigenvalue weighted by Crippen LogP contribution is 2.29. The van der Waals surface area contributed by atoms with Gasteiger partial charge < -0.3 is 29.5 Å². The van der Waals surface area contributed by atoms with Crippen molar-refractivity contribution in [3.8, 4) is 11.5 Å². The van der Waals surface area contributed by atoms with E-state index in [1.165, 1.54) is 7.11 Å². The minimum atomic E-state index is -1.32. The molecule has 1 aromatic carbocycles. The monoisotopic (exact) mass is 256 g/mol. The molecule has 1 saturated heterocycles. The first-order valence-electron chi connectivity index (χ1n) is 5.59. The number of hydrogen-bond acceptors (Lipinski definition) is 6. The molecular formula is C12H16O6. The first kappa shape index (κ1) is 13.1. The summed E-state index contributed by atoms with van der Waals surface area (Å²) in [4.78, 5) is 0. The average Bonchev–Trinajstić information content (AvgIpc) is 2.40. The Hall–Kier alpha value is -1.34. The molecule has 2 rings (SSSR count). The van der Waals surface area contributed by atoms with Crippen molar-refractivity contribution in [2.24, 2.45) is 0 Å². The molecule has 0 radical (unpaired) electrons. The molecule has 0 amide bonds. The van der Waals surface area contributed by atoms with E-state index < -0.39 is 24.6 Å². The third-order valence-corrected chi connectivity index (χ3v) is 2.77. The van der Waals surface area contributed by atoms with Crippen LogP contribution in [0.2, 0.25) is 0 Å². The maximum absolute atomic E-state index is 9.73. The van der Waals surface area contributed by atoms with E-state index in [0.717, 1.165) is 0 Å². The molecule has 100 valence electrons. The summed E-state index contributed by atoms with van der Waals surface area (Å²) < 4.78 is 15.7. The molecule has 1 aliphatic heterocycles. The Bertz CT molecular complexity index is 396. The highest BCUT2D eigenvalue weighted by atomic mass is 16.7. The molecule has 1 fully saturated rings. The molecule has 6 nitrogen and oxygen atoms in total. The van der Waals surface area contributed by atoms with Crippen LogP contribution >= 0.6 is 0 Å². The van der Waals surface area contributed by atoms with Crippen molar-refractivity contribution < 1.29 is 29.5 Å². The van der Waals surface area contributed by atoms with Crippen molar-refractivity contribution in [2.45, 2.75) is 24.6 Å². The molecule has 3 N–H and O–H groups in total. The maximum Gasteiger partial charge on any atom is 0.229 e. The van der Waals surface area contributed by atoms with E-state index in [-0.39, 0.29) is 6.61 Å². The van der Waals surface area contributed by atoms with Gasteiger partial charge in [-0.1, -0.05) is 12.1 Å². The van der Waals surface area contributed by atoms with E-state index in [2.05, 4.69) is 0 Å². The molecule has 1 aromatic rings. The van der Waals surface area contributed by atoms with E-state index in [1.807, 2.05) is 0 Å². The van der Waals surface area contributed by atoms with Gasteiger partial charge in [0.05, 0.1) is 13.7 Å². The standard InChI is InChI=1S/C12H16O6/c1-16-8-4-2-3-5-9(8)18-12-11(15)10(14)7(13)6-17-12/h2-5,7,10-15H,6H2,1H3/t7-,10-,11-,12-/m1/s1. The van der Waals surface area contributed by atoms with Gasteiger partial charge in [0.1, 0.15) is 18.3 Å². The molecule has 1 aliphatic rings. The third kappa shape index (κ3) is 2.56. The van der Waals surface area contributed by atoms with E-state index in [4.69, 9.17) is 14.2 Å². The number of rotatable bonds is 3. The van der Waals surface area contributed by atoms with Crippen LogP contribution in [-0.2, 0) is 4.74 Å². The molecule has 0 unspecified atom stereocenters. The second-order valence-corrected chi connectivity index (χ2v) is 4.02. The summed E-state index contributed by atoms with van der Waals surface area (Å²) in [5, 5.41) is 28.6. The SMILES string of the molecule is COc1ccccc1O[C@H]1OC[C@@H](O)[C@@H](O)[C@H]1O. The molecular weight excluding hydrogens is 240 g/mol. The number of aliphatic hydroxyl groups excluding tert-OH is 3. The van der Waals surface area contributed by atoms with Crippen LogP contribution in [0.25, 0.3) is 0 Å². The van der Waals surface area contributed by atoms with Crippen LogP contribution in [0.1, 0.15) is 0 Å². The van der Waals surface area contributed by atoms with Crippen molar-refractivity contribution >= 4 is 0 Å². The van der Waals surface area contributed by atoms with Crippen molar-refractivity contribution in [2.75, 3.05) is 13.7 Å². The van der Waals surface area contributed by atoms with Crippen molar-refractivity contribution in [3.63, 3.8) is 0 Å². The normalized spacial score (nSPS) is 32.0. The number of hydrogen-bond donors (Lipinski definition) is 3. The summed E-state index contributed by atoms with van der Waals surface area (Å²) in [6, 6.07) is 6.89. The molecule has 4 atom stereocenters. The second kappa shape index (κ2) is 5.53. The zero-order valence-electron chi connectivity index (χ0n) is 9.89. The van der Waals surface area contributed by atoms with E-state index in [1.54, 1.807) is 24.3 Å². The van der Waals surface area contributed by atoms with E-state index in [9.17, 15) is 15.3 Å². The third-order valence-electron chi connectivity index (χ3n) is 2.77. The smallest absolute Gasteiger partial charge is 0.229 e. The van der Waals surface area contributed by atoms with Gasteiger partial charge in [-0.3, -0.25) is 0 Å². The number of benzene rings is 1. The summed E-state index contributed by atoms with van der Waals surface area (Å²) in [6.07, 6.45) is -4.77. The van der Waals surface area contributed by atoms with Crippen LogP contribution in [0.5, 0.6) is 11.5 Å². The van der Waals surface area contributed by atoms with Crippen LogP contribution in [0, 0.1) is 0 Å². The Balaban J connectivity index is 2.09. The molecule has 0 spiro atoms. The molecule has 0 saturated carbocycles. The molecule has 0 aromatic heterocycles. The van der Waals surface area contributed by atoms with E-state index >= 15 is 0 Å².